The molecular weight excluding hydrogens is 725 g/mol. The molecule has 272 valence electrons. The maximum atomic E-state index is 5.00. The summed E-state index contributed by atoms with van der Waals surface area (Å²) in [5, 5.41) is 3.72. The third-order valence-corrected chi connectivity index (χ3v) is 12.0. The SMILES string of the molecule is c1ccc(-c2cc(-c3ccccc3)cc(-c3ccc4sc5cc6ccn(-c7cccc(-c8nc(-c9ccccc9)nc(-c9ccccc9)n8)c7)c6cc5c4c3)c2)cc1. The Hall–Kier alpha value is -7.47. The van der Waals surface area contributed by atoms with Crippen LogP contribution in [-0.2, 0) is 0 Å². The molecule has 3 aromatic heterocycles. The Morgan fingerprint density at radius 1 is 0.328 bits per heavy atom. The van der Waals surface area contributed by atoms with E-state index in [1.807, 2.05) is 72.0 Å². The molecule has 0 N–H and O–H groups in total. The molecule has 0 aliphatic rings. The first-order valence-electron chi connectivity index (χ1n) is 19.4. The molecule has 0 radical (unpaired) electrons. The van der Waals surface area contributed by atoms with Gasteiger partial charge in [0.15, 0.2) is 17.5 Å². The predicted molar refractivity (Wildman–Crippen MR) is 242 cm³/mol. The first-order valence-corrected chi connectivity index (χ1v) is 20.2. The average molecular weight is 759 g/mol. The van der Waals surface area contributed by atoms with Gasteiger partial charge in [-0.15, -0.1) is 11.3 Å². The normalized spacial score (nSPS) is 11.4. The number of benzene rings is 8. The van der Waals surface area contributed by atoms with Gasteiger partial charge in [-0.2, -0.15) is 0 Å². The fraction of sp³-hybridized carbons (Fsp3) is 0. The van der Waals surface area contributed by atoms with Crippen molar-refractivity contribution in [3.05, 3.63) is 206 Å². The molecule has 0 saturated heterocycles. The molecule has 5 heteroatoms. The minimum Gasteiger partial charge on any atom is -0.317 e. The van der Waals surface area contributed by atoms with E-state index in [-0.39, 0.29) is 0 Å². The monoisotopic (exact) mass is 758 g/mol. The molecule has 0 fully saturated rings. The molecule has 0 unspecified atom stereocenters. The summed E-state index contributed by atoms with van der Waals surface area (Å²) in [4.78, 5) is 14.9. The van der Waals surface area contributed by atoms with Crippen LogP contribution in [0.4, 0.5) is 0 Å². The third-order valence-electron chi connectivity index (χ3n) is 10.8. The average Bonchev–Trinajstić information content (AvgIpc) is 3.89. The van der Waals surface area contributed by atoms with Crippen LogP contribution >= 0.6 is 11.3 Å². The summed E-state index contributed by atoms with van der Waals surface area (Å²) in [7, 11) is 0. The van der Waals surface area contributed by atoms with Crippen LogP contribution in [0.25, 0.3) is 104 Å². The van der Waals surface area contributed by atoms with Crippen LogP contribution < -0.4 is 0 Å². The van der Waals surface area contributed by atoms with Crippen molar-refractivity contribution in [2.45, 2.75) is 0 Å². The highest BCUT2D eigenvalue weighted by molar-refractivity contribution is 7.25. The highest BCUT2D eigenvalue weighted by Crippen LogP contribution is 2.41. The van der Waals surface area contributed by atoms with Crippen molar-refractivity contribution in [1.29, 1.82) is 0 Å². The van der Waals surface area contributed by atoms with Gasteiger partial charge < -0.3 is 4.57 Å². The molecule has 0 atom stereocenters. The minimum absolute atomic E-state index is 0.636. The van der Waals surface area contributed by atoms with Gasteiger partial charge in [-0.05, 0) is 94.0 Å². The molecule has 11 rings (SSSR count). The molecule has 0 saturated carbocycles. The molecule has 3 heterocycles. The van der Waals surface area contributed by atoms with Crippen molar-refractivity contribution in [2.75, 3.05) is 0 Å². The lowest BCUT2D eigenvalue weighted by Crippen LogP contribution is -2.00. The van der Waals surface area contributed by atoms with E-state index in [9.17, 15) is 0 Å². The van der Waals surface area contributed by atoms with Gasteiger partial charge >= 0.3 is 0 Å². The Kier molecular flexibility index (Phi) is 8.30. The molecule has 8 aromatic carbocycles. The van der Waals surface area contributed by atoms with Gasteiger partial charge in [0.2, 0.25) is 0 Å². The van der Waals surface area contributed by atoms with Gasteiger partial charge in [-0.3, -0.25) is 0 Å². The number of nitrogens with zero attached hydrogens (tertiary/aromatic N) is 4. The van der Waals surface area contributed by atoms with E-state index in [0.29, 0.717) is 17.5 Å². The summed E-state index contributed by atoms with van der Waals surface area (Å²) in [6, 6.07) is 70.8. The van der Waals surface area contributed by atoms with Crippen molar-refractivity contribution in [1.82, 2.24) is 19.5 Å². The number of thiophene rings is 1. The second kappa shape index (κ2) is 14.2. The fourth-order valence-electron chi connectivity index (χ4n) is 7.93. The second-order valence-electron chi connectivity index (χ2n) is 14.5. The van der Waals surface area contributed by atoms with Crippen LogP contribution in [0.2, 0.25) is 0 Å². The zero-order valence-corrected chi connectivity index (χ0v) is 32.1. The summed E-state index contributed by atoms with van der Waals surface area (Å²) in [5.41, 5.74) is 12.3. The minimum atomic E-state index is 0.636. The van der Waals surface area contributed by atoms with E-state index in [2.05, 4.69) is 150 Å². The summed E-state index contributed by atoms with van der Waals surface area (Å²) >= 11 is 1.85. The van der Waals surface area contributed by atoms with Crippen molar-refractivity contribution in [3.8, 4) is 73.2 Å². The lowest BCUT2D eigenvalue weighted by molar-refractivity contribution is 1.07. The summed E-state index contributed by atoms with van der Waals surface area (Å²) in [6.07, 6.45) is 2.17. The number of rotatable bonds is 7. The molecule has 4 nitrogen and oxygen atoms in total. The molecular formula is C53H34N4S. The van der Waals surface area contributed by atoms with Gasteiger partial charge in [0.1, 0.15) is 0 Å². The van der Waals surface area contributed by atoms with E-state index >= 15 is 0 Å². The molecule has 0 aliphatic heterocycles. The lowest BCUT2D eigenvalue weighted by atomic mass is 9.93. The zero-order valence-electron chi connectivity index (χ0n) is 31.3. The predicted octanol–water partition coefficient (Wildman–Crippen LogP) is 14.2. The van der Waals surface area contributed by atoms with E-state index in [4.69, 9.17) is 15.0 Å². The second-order valence-corrected chi connectivity index (χ2v) is 15.6. The smallest absolute Gasteiger partial charge is 0.164 e. The standard InChI is InChI=1S/C53H34N4S/c1-5-14-35(15-6-1)42-28-43(36-16-7-2-8-17-36)30-44(29-42)39-24-25-49-46(32-39)47-34-48-40(33-50(47)58-49)26-27-57(48)45-23-13-22-41(31-45)53-55-51(37-18-9-3-10-19-37)54-52(56-53)38-20-11-4-12-21-38/h1-34H. The van der Waals surface area contributed by atoms with E-state index in [1.54, 1.807) is 0 Å². The number of hydrogen-bond donors (Lipinski definition) is 0. The van der Waals surface area contributed by atoms with Gasteiger partial charge in [0, 0.05) is 54.1 Å². The molecule has 0 bridgehead atoms. The summed E-state index contributed by atoms with van der Waals surface area (Å²) in [5.74, 6) is 1.93. The summed E-state index contributed by atoms with van der Waals surface area (Å²) in [6.45, 7) is 0. The van der Waals surface area contributed by atoms with Crippen molar-refractivity contribution in [2.24, 2.45) is 0 Å². The first kappa shape index (κ1) is 33.8. The van der Waals surface area contributed by atoms with Gasteiger partial charge in [-0.1, -0.05) is 140 Å². The maximum absolute atomic E-state index is 5.00. The Labute approximate surface area is 340 Å². The number of fused-ring (bicyclic) bond motifs is 4. The van der Waals surface area contributed by atoms with Gasteiger partial charge in [0.25, 0.3) is 0 Å². The molecule has 0 aliphatic carbocycles. The molecule has 0 amide bonds. The lowest BCUT2D eigenvalue weighted by Gasteiger charge is -2.12. The van der Waals surface area contributed by atoms with Crippen LogP contribution in [0.15, 0.2) is 206 Å². The zero-order chi connectivity index (χ0) is 38.4. The Morgan fingerprint density at radius 2 is 0.828 bits per heavy atom. The fourth-order valence-corrected chi connectivity index (χ4v) is 9.05. The highest BCUT2D eigenvalue weighted by atomic mass is 32.1. The van der Waals surface area contributed by atoms with Crippen molar-refractivity contribution in [3.63, 3.8) is 0 Å². The van der Waals surface area contributed by atoms with Crippen LogP contribution in [-0.4, -0.2) is 19.5 Å². The Morgan fingerprint density at radius 3 is 1.41 bits per heavy atom. The topological polar surface area (TPSA) is 43.6 Å². The number of hydrogen-bond acceptors (Lipinski definition) is 4. The highest BCUT2D eigenvalue weighted by Gasteiger charge is 2.16. The van der Waals surface area contributed by atoms with Crippen LogP contribution in [0.1, 0.15) is 0 Å². The summed E-state index contributed by atoms with van der Waals surface area (Å²) < 4.78 is 4.83. The number of aromatic nitrogens is 4. The van der Waals surface area contributed by atoms with Crippen molar-refractivity contribution >= 4 is 42.4 Å². The third kappa shape index (κ3) is 6.24. The van der Waals surface area contributed by atoms with Crippen LogP contribution in [0, 0.1) is 0 Å². The van der Waals surface area contributed by atoms with E-state index in [1.165, 1.54) is 58.9 Å². The molecule has 0 spiro atoms. The largest absolute Gasteiger partial charge is 0.317 e. The van der Waals surface area contributed by atoms with Gasteiger partial charge in [0.05, 0.1) is 5.52 Å². The van der Waals surface area contributed by atoms with Crippen molar-refractivity contribution < 1.29 is 0 Å². The van der Waals surface area contributed by atoms with Crippen LogP contribution in [0.3, 0.4) is 0 Å². The quantitative estimate of drug-likeness (QED) is 0.163. The Balaban J connectivity index is 1.02. The van der Waals surface area contributed by atoms with Gasteiger partial charge in [-0.25, -0.2) is 15.0 Å². The molecule has 58 heavy (non-hydrogen) atoms. The molecule has 11 aromatic rings. The first-order chi connectivity index (χ1) is 28.7. The van der Waals surface area contributed by atoms with Crippen LogP contribution in [0.5, 0.6) is 0 Å². The maximum Gasteiger partial charge on any atom is 0.164 e. The van der Waals surface area contributed by atoms with E-state index < -0.39 is 0 Å². The van der Waals surface area contributed by atoms with E-state index in [0.717, 1.165) is 27.9 Å². The Bertz CT molecular complexity index is 3150.